The summed E-state index contributed by atoms with van der Waals surface area (Å²) in [7, 11) is -3.72. The molecule has 1 aromatic rings. The molecule has 6 nitrogen and oxygen atoms in total. The zero-order valence-electron chi connectivity index (χ0n) is 10.1. The van der Waals surface area contributed by atoms with Crippen LogP contribution in [0.2, 0.25) is 0 Å². The van der Waals surface area contributed by atoms with Gasteiger partial charge in [0.05, 0.1) is 5.75 Å². The average Bonchev–Trinajstić information content (AvgIpc) is 2.31. The first-order valence-corrected chi connectivity index (χ1v) is 6.92. The summed E-state index contributed by atoms with van der Waals surface area (Å²) in [5, 5.41) is 2.30. The Morgan fingerprint density at radius 2 is 1.67 bits per heavy atom. The summed E-state index contributed by atoms with van der Waals surface area (Å²) in [5.74, 6) is -2.48. The number of aryl methyl sites for hydroxylation is 1. The maximum absolute atomic E-state index is 11.4. The van der Waals surface area contributed by atoms with Gasteiger partial charge in [0.2, 0.25) is 10.0 Å². The van der Waals surface area contributed by atoms with Gasteiger partial charge in [-0.1, -0.05) is 17.7 Å². The van der Waals surface area contributed by atoms with Crippen molar-refractivity contribution >= 4 is 27.5 Å². The van der Waals surface area contributed by atoms with Crippen molar-refractivity contribution in [2.75, 3.05) is 11.1 Å². The second kappa shape index (κ2) is 5.63. The number of anilines is 1. The topological polar surface area (TPSA) is 92.3 Å². The Hall–Kier alpha value is -1.89. The minimum absolute atomic E-state index is 0.267. The molecule has 0 aliphatic carbocycles. The van der Waals surface area contributed by atoms with Crippen molar-refractivity contribution in [2.24, 2.45) is 0 Å². The molecule has 18 heavy (non-hydrogen) atoms. The highest BCUT2D eigenvalue weighted by atomic mass is 32.2. The van der Waals surface area contributed by atoms with Gasteiger partial charge in [-0.2, -0.15) is 0 Å². The second-order valence-corrected chi connectivity index (χ2v) is 5.67. The van der Waals surface area contributed by atoms with Gasteiger partial charge in [-0.3, -0.25) is 9.59 Å². The lowest BCUT2D eigenvalue weighted by Crippen LogP contribution is -2.39. The molecule has 0 saturated carbocycles. The van der Waals surface area contributed by atoms with Crippen molar-refractivity contribution in [1.82, 2.24) is 4.72 Å². The van der Waals surface area contributed by atoms with Crippen LogP contribution >= 0.6 is 0 Å². The lowest BCUT2D eigenvalue weighted by molar-refractivity contribution is -0.135. The number of amides is 2. The van der Waals surface area contributed by atoms with Crippen molar-refractivity contribution in [3.63, 3.8) is 0 Å². The van der Waals surface area contributed by atoms with Gasteiger partial charge in [0.25, 0.3) is 0 Å². The third-order valence-electron chi connectivity index (χ3n) is 2.14. The van der Waals surface area contributed by atoms with E-state index in [4.69, 9.17) is 0 Å². The average molecular weight is 270 g/mol. The Morgan fingerprint density at radius 3 is 2.17 bits per heavy atom. The first kappa shape index (κ1) is 14.2. The van der Waals surface area contributed by atoms with Gasteiger partial charge in [-0.15, -0.1) is 0 Å². The highest BCUT2D eigenvalue weighted by Gasteiger charge is 2.19. The van der Waals surface area contributed by atoms with E-state index >= 15 is 0 Å². The number of benzene rings is 1. The van der Waals surface area contributed by atoms with Gasteiger partial charge in [0, 0.05) is 5.69 Å². The van der Waals surface area contributed by atoms with Crippen molar-refractivity contribution < 1.29 is 18.0 Å². The molecule has 0 saturated heterocycles. The first-order chi connectivity index (χ1) is 8.34. The molecule has 0 atom stereocenters. The summed E-state index contributed by atoms with van der Waals surface area (Å²) >= 11 is 0. The van der Waals surface area contributed by atoms with Crippen LogP contribution in [-0.2, 0) is 19.6 Å². The zero-order chi connectivity index (χ0) is 13.8. The Bertz CT molecular complexity index is 549. The van der Waals surface area contributed by atoms with Crippen molar-refractivity contribution in [1.29, 1.82) is 0 Å². The monoisotopic (exact) mass is 270 g/mol. The molecule has 0 aliphatic rings. The van der Waals surface area contributed by atoms with Crippen LogP contribution in [0.15, 0.2) is 24.3 Å². The van der Waals surface area contributed by atoms with Crippen LogP contribution in [0.5, 0.6) is 0 Å². The van der Waals surface area contributed by atoms with Gasteiger partial charge >= 0.3 is 11.8 Å². The minimum atomic E-state index is -3.72. The molecule has 0 spiro atoms. The van der Waals surface area contributed by atoms with Crippen LogP contribution in [0.4, 0.5) is 5.69 Å². The molecule has 0 heterocycles. The van der Waals surface area contributed by atoms with E-state index in [1.165, 1.54) is 6.92 Å². The van der Waals surface area contributed by atoms with Crippen LogP contribution in [0, 0.1) is 6.92 Å². The SMILES string of the molecule is CCS(=O)(=O)NC(=O)C(=O)Nc1ccc(C)cc1. The molecule has 0 radical (unpaired) electrons. The summed E-state index contributed by atoms with van der Waals surface area (Å²) in [5.41, 5.74) is 1.43. The normalized spacial score (nSPS) is 10.8. The lowest BCUT2D eigenvalue weighted by atomic mass is 10.2. The Balaban J connectivity index is 2.66. The third kappa shape index (κ3) is 4.17. The predicted molar refractivity (Wildman–Crippen MR) is 67.4 cm³/mol. The molecule has 2 N–H and O–H groups in total. The lowest BCUT2D eigenvalue weighted by Gasteiger charge is -2.06. The van der Waals surface area contributed by atoms with Gasteiger partial charge in [0.15, 0.2) is 0 Å². The molecule has 1 rings (SSSR count). The van der Waals surface area contributed by atoms with E-state index in [0.717, 1.165) is 5.56 Å². The molecule has 0 aromatic heterocycles. The summed E-state index contributed by atoms with van der Waals surface area (Å²) in [6, 6.07) is 6.76. The van der Waals surface area contributed by atoms with Crippen molar-refractivity contribution in [3.05, 3.63) is 29.8 Å². The van der Waals surface area contributed by atoms with Crippen LogP contribution < -0.4 is 10.0 Å². The first-order valence-electron chi connectivity index (χ1n) is 5.26. The van der Waals surface area contributed by atoms with Gasteiger partial charge in [-0.25, -0.2) is 13.1 Å². The third-order valence-corrected chi connectivity index (χ3v) is 3.40. The van der Waals surface area contributed by atoms with Crippen LogP contribution in [-0.4, -0.2) is 26.0 Å². The molecule has 98 valence electrons. The second-order valence-electron chi connectivity index (χ2n) is 3.65. The summed E-state index contributed by atoms with van der Waals surface area (Å²) in [6.07, 6.45) is 0. The number of carbonyl (C=O) groups is 2. The molecule has 0 bridgehead atoms. The maximum atomic E-state index is 11.4. The summed E-state index contributed by atoms with van der Waals surface area (Å²) < 4.78 is 23.9. The molecule has 0 aliphatic heterocycles. The highest BCUT2D eigenvalue weighted by molar-refractivity contribution is 7.90. The fraction of sp³-hybridized carbons (Fsp3) is 0.273. The molecular weight excluding hydrogens is 256 g/mol. The van der Waals surface area contributed by atoms with Gasteiger partial charge in [-0.05, 0) is 26.0 Å². The Kier molecular flexibility index (Phi) is 4.43. The highest BCUT2D eigenvalue weighted by Crippen LogP contribution is 2.08. The number of carbonyl (C=O) groups excluding carboxylic acids is 2. The summed E-state index contributed by atoms with van der Waals surface area (Å²) in [4.78, 5) is 22.7. The molecule has 7 heteroatoms. The van der Waals surface area contributed by atoms with E-state index in [1.54, 1.807) is 29.0 Å². The number of rotatable bonds is 3. The van der Waals surface area contributed by atoms with E-state index in [0.29, 0.717) is 5.69 Å². The minimum Gasteiger partial charge on any atom is -0.318 e. The number of hydrogen-bond acceptors (Lipinski definition) is 4. The van der Waals surface area contributed by atoms with Gasteiger partial charge in [0.1, 0.15) is 0 Å². The summed E-state index contributed by atoms with van der Waals surface area (Å²) in [6.45, 7) is 3.25. The molecule has 0 unspecified atom stereocenters. The largest absolute Gasteiger partial charge is 0.323 e. The van der Waals surface area contributed by atoms with E-state index in [-0.39, 0.29) is 5.75 Å². The van der Waals surface area contributed by atoms with Crippen LogP contribution in [0.1, 0.15) is 12.5 Å². The van der Waals surface area contributed by atoms with Crippen LogP contribution in [0.3, 0.4) is 0 Å². The fourth-order valence-electron chi connectivity index (χ4n) is 1.08. The smallest absolute Gasteiger partial charge is 0.318 e. The van der Waals surface area contributed by atoms with Crippen LogP contribution in [0.25, 0.3) is 0 Å². The van der Waals surface area contributed by atoms with Crippen molar-refractivity contribution in [2.45, 2.75) is 13.8 Å². The molecule has 1 aromatic carbocycles. The molecule has 2 amide bonds. The van der Waals surface area contributed by atoms with E-state index < -0.39 is 21.8 Å². The predicted octanol–water partition coefficient (Wildman–Crippen LogP) is 0.399. The molecular formula is C11H14N2O4S. The van der Waals surface area contributed by atoms with E-state index in [2.05, 4.69) is 5.32 Å². The number of nitrogens with one attached hydrogen (secondary N) is 2. The van der Waals surface area contributed by atoms with Crippen molar-refractivity contribution in [3.8, 4) is 0 Å². The van der Waals surface area contributed by atoms with E-state index in [1.807, 2.05) is 6.92 Å². The Labute approximate surface area is 105 Å². The molecule has 0 fully saturated rings. The number of sulfonamides is 1. The maximum Gasteiger partial charge on any atom is 0.323 e. The van der Waals surface area contributed by atoms with E-state index in [9.17, 15) is 18.0 Å². The zero-order valence-corrected chi connectivity index (χ0v) is 10.9. The standard InChI is InChI=1S/C11H14N2O4S/c1-3-18(16,17)13-11(15)10(14)12-9-6-4-8(2)5-7-9/h4-7H,3H2,1-2H3,(H,12,14)(H,13,15). The quantitative estimate of drug-likeness (QED) is 0.778. The Morgan fingerprint density at radius 1 is 1.11 bits per heavy atom. The number of hydrogen-bond donors (Lipinski definition) is 2. The fourth-order valence-corrected chi connectivity index (χ4v) is 1.60. The van der Waals surface area contributed by atoms with Gasteiger partial charge < -0.3 is 5.32 Å².